The SMILES string of the molecule is CC(C)COC1CCN(C(C)c2nc3ccccc3c(=O)[nH]2)CC1. The van der Waals surface area contributed by atoms with Crippen LogP contribution in [0, 0.1) is 5.92 Å². The molecule has 1 saturated heterocycles. The van der Waals surface area contributed by atoms with Crippen molar-refractivity contribution in [2.45, 2.75) is 45.8 Å². The maximum absolute atomic E-state index is 12.3. The molecule has 0 aliphatic carbocycles. The molecule has 130 valence electrons. The molecule has 5 heteroatoms. The summed E-state index contributed by atoms with van der Waals surface area (Å²) in [5.41, 5.74) is 0.704. The number of piperidine rings is 1. The smallest absolute Gasteiger partial charge is 0.258 e. The Bertz CT molecular complexity index is 733. The highest BCUT2D eigenvalue weighted by Crippen LogP contribution is 2.23. The van der Waals surface area contributed by atoms with Gasteiger partial charge in [0.15, 0.2) is 0 Å². The Morgan fingerprint density at radius 2 is 1.96 bits per heavy atom. The van der Waals surface area contributed by atoms with Gasteiger partial charge < -0.3 is 9.72 Å². The molecule has 1 unspecified atom stereocenters. The molecule has 1 aromatic carbocycles. The number of rotatable bonds is 5. The monoisotopic (exact) mass is 329 g/mol. The lowest BCUT2D eigenvalue weighted by molar-refractivity contribution is -0.0120. The molecule has 0 radical (unpaired) electrons. The summed E-state index contributed by atoms with van der Waals surface area (Å²) in [6, 6.07) is 7.60. The van der Waals surface area contributed by atoms with Gasteiger partial charge in [-0.15, -0.1) is 0 Å². The zero-order chi connectivity index (χ0) is 17.1. The van der Waals surface area contributed by atoms with Crippen LogP contribution in [0.5, 0.6) is 0 Å². The van der Waals surface area contributed by atoms with Gasteiger partial charge in [0.2, 0.25) is 0 Å². The lowest BCUT2D eigenvalue weighted by Crippen LogP contribution is -2.39. The highest BCUT2D eigenvalue weighted by Gasteiger charge is 2.25. The molecule has 1 fully saturated rings. The third-order valence-electron chi connectivity index (χ3n) is 4.72. The van der Waals surface area contributed by atoms with Crippen LogP contribution < -0.4 is 5.56 Å². The normalized spacial score (nSPS) is 18.3. The van der Waals surface area contributed by atoms with Crippen LogP contribution in [0.15, 0.2) is 29.1 Å². The fourth-order valence-electron chi connectivity index (χ4n) is 3.23. The topological polar surface area (TPSA) is 58.2 Å². The maximum atomic E-state index is 12.3. The predicted molar refractivity (Wildman–Crippen MR) is 96.2 cm³/mol. The van der Waals surface area contributed by atoms with Crippen LogP contribution in [0.25, 0.3) is 10.9 Å². The average molecular weight is 329 g/mol. The summed E-state index contributed by atoms with van der Waals surface area (Å²) in [7, 11) is 0. The second kappa shape index (κ2) is 7.45. The minimum absolute atomic E-state index is 0.0578. The van der Waals surface area contributed by atoms with E-state index in [2.05, 4.69) is 35.6 Å². The molecule has 24 heavy (non-hydrogen) atoms. The van der Waals surface area contributed by atoms with Crippen LogP contribution in [-0.4, -0.2) is 40.7 Å². The van der Waals surface area contributed by atoms with Gasteiger partial charge in [0.25, 0.3) is 5.56 Å². The third kappa shape index (κ3) is 3.84. The summed E-state index contributed by atoms with van der Waals surface area (Å²) >= 11 is 0. The summed E-state index contributed by atoms with van der Waals surface area (Å²) in [6.07, 6.45) is 2.43. The Morgan fingerprint density at radius 3 is 2.67 bits per heavy atom. The largest absolute Gasteiger partial charge is 0.378 e. The summed E-state index contributed by atoms with van der Waals surface area (Å²) < 4.78 is 5.95. The van der Waals surface area contributed by atoms with Crippen molar-refractivity contribution in [3.05, 3.63) is 40.4 Å². The second-order valence-corrected chi connectivity index (χ2v) is 7.11. The van der Waals surface area contributed by atoms with Gasteiger partial charge in [-0.05, 0) is 37.8 Å². The second-order valence-electron chi connectivity index (χ2n) is 7.11. The van der Waals surface area contributed by atoms with Crippen molar-refractivity contribution in [1.29, 1.82) is 0 Å². The van der Waals surface area contributed by atoms with Crippen LogP contribution in [-0.2, 0) is 4.74 Å². The molecule has 1 aromatic heterocycles. The first-order valence-electron chi connectivity index (χ1n) is 8.89. The van der Waals surface area contributed by atoms with Gasteiger partial charge in [0, 0.05) is 19.7 Å². The molecule has 1 aliphatic rings. The maximum Gasteiger partial charge on any atom is 0.258 e. The average Bonchev–Trinajstić information content (AvgIpc) is 2.60. The minimum atomic E-state index is -0.0578. The number of hydrogen-bond donors (Lipinski definition) is 1. The number of aromatic amines is 1. The fraction of sp³-hybridized carbons (Fsp3) is 0.579. The highest BCUT2D eigenvalue weighted by atomic mass is 16.5. The third-order valence-corrected chi connectivity index (χ3v) is 4.72. The van der Waals surface area contributed by atoms with E-state index in [1.54, 1.807) is 0 Å². The van der Waals surface area contributed by atoms with Gasteiger partial charge in [-0.3, -0.25) is 9.69 Å². The Hall–Kier alpha value is -1.72. The standard InChI is InChI=1S/C19H27N3O2/c1-13(2)12-24-15-8-10-22(11-9-15)14(3)18-20-17-7-5-4-6-16(17)19(23)21-18/h4-7,13-15H,8-12H2,1-3H3,(H,20,21,23). The van der Waals surface area contributed by atoms with E-state index in [0.29, 0.717) is 17.4 Å². The van der Waals surface area contributed by atoms with Gasteiger partial charge >= 0.3 is 0 Å². The van der Waals surface area contributed by atoms with Crippen LogP contribution >= 0.6 is 0 Å². The van der Waals surface area contributed by atoms with E-state index < -0.39 is 0 Å². The zero-order valence-corrected chi connectivity index (χ0v) is 14.8. The van der Waals surface area contributed by atoms with Gasteiger partial charge in [0.05, 0.1) is 23.0 Å². The van der Waals surface area contributed by atoms with Crippen molar-refractivity contribution in [3.8, 4) is 0 Å². The molecule has 1 atom stereocenters. The number of nitrogens with zero attached hydrogens (tertiary/aromatic N) is 2. The van der Waals surface area contributed by atoms with E-state index in [-0.39, 0.29) is 11.6 Å². The number of ether oxygens (including phenoxy) is 1. The predicted octanol–water partition coefficient (Wildman–Crippen LogP) is 3.12. The fourth-order valence-corrected chi connectivity index (χ4v) is 3.23. The lowest BCUT2D eigenvalue weighted by Gasteiger charge is -2.35. The van der Waals surface area contributed by atoms with Crippen molar-refractivity contribution in [3.63, 3.8) is 0 Å². The zero-order valence-electron chi connectivity index (χ0n) is 14.8. The van der Waals surface area contributed by atoms with E-state index in [1.807, 2.05) is 24.3 Å². The molecule has 0 saturated carbocycles. The van der Waals surface area contributed by atoms with Crippen molar-refractivity contribution in [2.75, 3.05) is 19.7 Å². The first-order chi connectivity index (χ1) is 11.5. The molecular formula is C19H27N3O2. The van der Waals surface area contributed by atoms with Crippen LogP contribution in [0.3, 0.4) is 0 Å². The van der Waals surface area contributed by atoms with Crippen molar-refractivity contribution >= 4 is 10.9 Å². The molecule has 2 heterocycles. The number of H-pyrrole nitrogens is 1. The van der Waals surface area contributed by atoms with Gasteiger partial charge in [-0.1, -0.05) is 26.0 Å². The van der Waals surface area contributed by atoms with Crippen LogP contribution in [0.2, 0.25) is 0 Å². The van der Waals surface area contributed by atoms with E-state index >= 15 is 0 Å². The van der Waals surface area contributed by atoms with Crippen LogP contribution in [0.4, 0.5) is 0 Å². The van der Waals surface area contributed by atoms with Crippen molar-refractivity contribution < 1.29 is 4.74 Å². The van der Waals surface area contributed by atoms with E-state index in [9.17, 15) is 4.79 Å². The molecule has 0 bridgehead atoms. The first-order valence-corrected chi connectivity index (χ1v) is 8.89. The van der Waals surface area contributed by atoms with Crippen LogP contribution in [0.1, 0.15) is 45.5 Å². The number of para-hydroxylation sites is 1. The minimum Gasteiger partial charge on any atom is -0.378 e. The van der Waals surface area contributed by atoms with E-state index in [1.165, 1.54) is 0 Å². The summed E-state index contributed by atoms with van der Waals surface area (Å²) in [6.45, 7) is 9.25. The van der Waals surface area contributed by atoms with Gasteiger partial charge in [-0.2, -0.15) is 0 Å². The quantitative estimate of drug-likeness (QED) is 0.915. The Morgan fingerprint density at radius 1 is 1.25 bits per heavy atom. The molecule has 3 rings (SSSR count). The molecule has 2 aromatic rings. The van der Waals surface area contributed by atoms with E-state index in [0.717, 1.165) is 43.9 Å². The highest BCUT2D eigenvalue weighted by molar-refractivity contribution is 5.77. The number of fused-ring (bicyclic) bond motifs is 1. The number of benzene rings is 1. The Kier molecular flexibility index (Phi) is 5.31. The van der Waals surface area contributed by atoms with Crippen molar-refractivity contribution in [2.24, 2.45) is 5.92 Å². The van der Waals surface area contributed by atoms with E-state index in [4.69, 9.17) is 4.74 Å². The molecule has 5 nitrogen and oxygen atoms in total. The first kappa shape index (κ1) is 17.1. The summed E-state index contributed by atoms with van der Waals surface area (Å²) in [5.74, 6) is 1.33. The number of likely N-dealkylation sites (tertiary alicyclic amines) is 1. The number of nitrogens with one attached hydrogen (secondary N) is 1. The van der Waals surface area contributed by atoms with Gasteiger partial charge in [-0.25, -0.2) is 4.98 Å². The van der Waals surface area contributed by atoms with Gasteiger partial charge in [0.1, 0.15) is 5.82 Å². The molecule has 1 N–H and O–H groups in total. The Balaban J connectivity index is 1.67. The number of aromatic nitrogens is 2. The van der Waals surface area contributed by atoms with Crippen molar-refractivity contribution in [1.82, 2.24) is 14.9 Å². The summed E-state index contributed by atoms with van der Waals surface area (Å²) in [5, 5.41) is 0.647. The summed E-state index contributed by atoms with van der Waals surface area (Å²) in [4.78, 5) is 22.3. The number of hydrogen-bond acceptors (Lipinski definition) is 4. The molecule has 0 spiro atoms. The Labute approximate surface area is 143 Å². The molecule has 0 amide bonds. The molecule has 1 aliphatic heterocycles. The molecular weight excluding hydrogens is 302 g/mol. The lowest BCUT2D eigenvalue weighted by atomic mass is 10.1.